The fourth-order valence-corrected chi connectivity index (χ4v) is 2.66. The third kappa shape index (κ3) is 3.22. The molecule has 1 saturated heterocycles. The molecular weight excluding hydrogens is 261 g/mol. The molecule has 0 saturated carbocycles. The van der Waals surface area contributed by atoms with Crippen LogP contribution in [0.3, 0.4) is 0 Å². The Labute approximate surface area is 105 Å². The normalized spacial score (nSPS) is 20.8. The summed E-state index contributed by atoms with van der Waals surface area (Å²) < 4.78 is 44.6. The smallest absolute Gasteiger partial charge is 0.261 e. The van der Waals surface area contributed by atoms with Gasteiger partial charge in [-0.25, -0.2) is 22.5 Å². The summed E-state index contributed by atoms with van der Waals surface area (Å²) in [6.45, 7) is 1.93. The van der Waals surface area contributed by atoms with Gasteiger partial charge < -0.3 is 10.1 Å². The molecule has 1 atom stereocenters. The molecule has 2 heterocycles. The van der Waals surface area contributed by atoms with E-state index in [4.69, 9.17) is 4.74 Å². The average Bonchev–Trinajstić information content (AvgIpc) is 2.38. The van der Waals surface area contributed by atoms with E-state index in [0.717, 1.165) is 12.6 Å². The summed E-state index contributed by atoms with van der Waals surface area (Å²) in [4.78, 5) is 3.53. The Balaban J connectivity index is 2.01. The van der Waals surface area contributed by atoms with E-state index in [-0.39, 0.29) is 12.6 Å². The number of hydrogen-bond acceptors (Lipinski definition) is 5. The van der Waals surface area contributed by atoms with Crippen LogP contribution in [0.5, 0.6) is 0 Å². The summed E-state index contributed by atoms with van der Waals surface area (Å²) in [7, 11) is -3.93. The molecule has 0 bridgehead atoms. The van der Waals surface area contributed by atoms with Gasteiger partial charge in [-0.05, 0) is 12.1 Å². The van der Waals surface area contributed by atoms with Gasteiger partial charge in [-0.1, -0.05) is 0 Å². The van der Waals surface area contributed by atoms with Gasteiger partial charge in [0.1, 0.15) is 0 Å². The monoisotopic (exact) mass is 275 g/mol. The quantitative estimate of drug-likeness (QED) is 0.773. The number of halogens is 1. The van der Waals surface area contributed by atoms with Gasteiger partial charge in [-0.3, -0.25) is 0 Å². The topological polar surface area (TPSA) is 80.3 Å². The molecule has 0 amide bonds. The molecule has 1 aromatic rings. The number of aromatic nitrogens is 1. The minimum atomic E-state index is -3.93. The first-order chi connectivity index (χ1) is 8.59. The SMILES string of the molecule is O=S(=O)(NCC1CNCCO1)c1ncccc1F. The van der Waals surface area contributed by atoms with Crippen molar-refractivity contribution in [3.05, 3.63) is 24.1 Å². The van der Waals surface area contributed by atoms with E-state index >= 15 is 0 Å². The predicted molar refractivity (Wildman–Crippen MR) is 62.0 cm³/mol. The third-order valence-corrected chi connectivity index (χ3v) is 3.84. The van der Waals surface area contributed by atoms with Crippen molar-refractivity contribution >= 4 is 10.0 Å². The lowest BCUT2D eigenvalue weighted by Gasteiger charge is -2.23. The van der Waals surface area contributed by atoms with Crippen LogP contribution in [0.2, 0.25) is 0 Å². The summed E-state index contributed by atoms with van der Waals surface area (Å²) >= 11 is 0. The van der Waals surface area contributed by atoms with Gasteiger partial charge in [-0.15, -0.1) is 0 Å². The Morgan fingerprint density at radius 3 is 3.11 bits per heavy atom. The first-order valence-corrected chi connectivity index (χ1v) is 7.00. The molecule has 8 heteroatoms. The number of pyridine rings is 1. The maximum Gasteiger partial charge on any atom is 0.261 e. The van der Waals surface area contributed by atoms with Crippen LogP contribution in [0.4, 0.5) is 4.39 Å². The average molecular weight is 275 g/mol. The van der Waals surface area contributed by atoms with E-state index in [0.29, 0.717) is 13.2 Å². The zero-order valence-electron chi connectivity index (χ0n) is 9.60. The molecule has 100 valence electrons. The van der Waals surface area contributed by atoms with E-state index in [1.165, 1.54) is 12.3 Å². The van der Waals surface area contributed by atoms with Crippen LogP contribution in [0.25, 0.3) is 0 Å². The molecule has 2 N–H and O–H groups in total. The zero-order valence-corrected chi connectivity index (χ0v) is 10.4. The second kappa shape index (κ2) is 5.70. The molecule has 1 aromatic heterocycles. The Hall–Kier alpha value is -1.09. The minimum absolute atomic E-state index is 0.0886. The van der Waals surface area contributed by atoms with Gasteiger partial charge in [0.05, 0.1) is 12.7 Å². The van der Waals surface area contributed by atoms with Crippen LogP contribution >= 0.6 is 0 Å². The summed E-state index contributed by atoms with van der Waals surface area (Å²) in [5, 5.41) is 2.48. The Kier molecular flexibility index (Phi) is 4.23. The molecule has 0 radical (unpaired) electrons. The lowest BCUT2D eigenvalue weighted by Crippen LogP contribution is -2.45. The minimum Gasteiger partial charge on any atom is -0.374 e. The van der Waals surface area contributed by atoms with Crippen molar-refractivity contribution in [1.82, 2.24) is 15.0 Å². The molecule has 6 nitrogen and oxygen atoms in total. The van der Waals surface area contributed by atoms with E-state index in [1.54, 1.807) is 0 Å². The van der Waals surface area contributed by atoms with E-state index in [2.05, 4.69) is 15.0 Å². The fourth-order valence-electron chi connectivity index (χ4n) is 1.59. The van der Waals surface area contributed by atoms with Gasteiger partial charge in [0, 0.05) is 25.8 Å². The number of nitrogens with zero attached hydrogens (tertiary/aromatic N) is 1. The number of rotatable bonds is 4. The molecule has 0 spiro atoms. The van der Waals surface area contributed by atoms with Crippen molar-refractivity contribution in [1.29, 1.82) is 0 Å². The third-order valence-electron chi connectivity index (χ3n) is 2.48. The lowest BCUT2D eigenvalue weighted by atomic mass is 10.3. The van der Waals surface area contributed by atoms with Crippen molar-refractivity contribution in [2.45, 2.75) is 11.1 Å². The van der Waals surface area contributed by atoms with Crippen LogP contribution < -0.4 is 10.0 Å². The maximum absolute atomic E-state index is 13.3. The van der Waals surface area contributed by atoms with Crippen molar-refractivity contribution < 1.29 is 17.5 Å². The van der Waals surface area contributed by atoms with E-state index < -0.39 is 20.9 Å². The molecule has 1 aliphatic rings. The molecule has 0 aromatic carbocycles. The van der Waals surface area contributed by atoms with Gasteiger partial charge in [0.25, 0.3) is 10.0 Å². The molecular formula is C10H14FN3O3S. The van der Waals surface area contributed by atoms with Gasteiger partial charge >= 0.3 is 0 Å². The highest BCUT2D eigenvalue weighted by Crippen LogP contribution is 2.09. The van der Waals surface area contributed by atoms with Crippen molar-refractivity contribution in [3.63, 3.8) is 0 Å². The van der Waals surface area contributed by atoms with E-state index in [1.807, 2.05) is 0 Å². The number of sulfonamides is 1. The van der Waals surface area contributed by atoms with Crippen LogP contribution in [-0.2, 0) is 14.8 Å². The Bertz CT molecular complexity index is 503. The highest BCUT2D eigenvalue weighted by atomic mass is 32.2. The second-order valence-corrected chi connectivity index (χ2v) is 5.52. The summed E-state index contributed by atoms with van der Waals surface area (Å²) in [6, 6.07) is 2.39. The fraction of sp³-hybridized carbons (Fsp3) is 0.500. The van der Waals surface area contributed by atoms with Crippen molar-refractivity contribution in [3.8, 4) is 0 Å². The molecule has 2 rings (SSSR count). The number of ether oxygens (including phenoxy) is 1. The first kappa shape index (κ1) is 13.3. The van der Waals surface area contributed by atoms with Crippen LogP contribution in [-0.4, -0.2) is 45.7 Å². The molecule has 1 unspecified atom stereocenters. The summed E-state index contributed by atoms with van der Waals surface area (Å²) in [5.74, 6) is -0.868. The number of hydrogen-bond donors (Lipinski definition) is 2. The van der Waals surface area contributed by atoms with Gasteiger partial charge in [0.15, 0.2) is 5.82 Å². The van der Waals surface area contributed by atoms with Gasteiger partial charge in [0.2, 0.25) is 5.03 Å². The second-order valence-electron chi connectivity index (χ2n) is 3.84. The molecule has 1 aliphatic heterocycles. The Morgan fingerprint density at radius 2 is 2.44 bits per heavy atom. The van der Waals surface area contributed by atoms with Crippen LogP contribution in [0, 0.1) is 5.82 Å². The van der Waals surface area contributed by atoms with Crippen LogP contribution in [0.1, 0.15) is 0 Å². The molecule has 0 aliphatic carbocycles. The molecule has 1 fully saturated rings. The Morgan fingerprint density at radius 1 is 1.61 bits per heavy atom. The predicted octanol–water partition coefficient (Wildman–Crippen LogP) is -0.513. The maximum atomic E-state index is 13.3. The largest absolute Gasteiger partial charge is 0.374 e. The summed E-state index contributed by atoms with van der Waals surface area (Å²) in [6.07, 6.45) is 0.983. The lowest BCUT2D eigenvalue weighted by molar-refractivity contribution is 0.0324. The van der Waals surface area contributed by atoms with Crippen molar-refractivity contribution in [2.75, 3.05) is 26.2 Å². The van der Waals surface area contributed by atoms with Crippen molar-refractivity contribution in [2.24, 2.45) is 0 Å². The van der Waals surface area contributed by atoms with E-state index in [9.17, 15) is 12.8 Å². The first-order valence-electron chi connectivity index (χ1n) is 5.52. The summed E-state index contributed by atoms with van der Waals surface area (Å²) in [5.41, 5.74) is 0. The molecule has 18 heavy (non-hydrogen) atoms. The highest BCUT2D eigenvalue weighted by Gasteiger charge is 2.22. The number of nitrogens with one attached hydrogen (secondary N) is 2. The standard InChI is InChI=1S/C10H14FN3O3S/c11-9-2-1-3-13-10(9)18(15,16)14-7-8-6-12-4-5-17-8/h1-3,8,12,14H,4-7H2. The van der Waals surface area contributed by atoms with Gasteiger partial charge in [-0.2, -0.15) is 0 Å². The highest BCUT2D eigenvalue weighted by molar-refractivity contribution is 7.89. The zero-order chi connectivity index (χ0) is 13.0. The number of morpholine rings is 1. The van der Waals surface area contributed by atoms with Crippen LogP contribution in [0.15, 0.2) is 23.4 Å².